The Balaban J connectivity index is 1.11. The fourth-order valence-corrected chi connectivity index (χ4v) is 7.03. The van der Waals surface area contributed by atoms with Gasteiger partial charge >= 0.3 is 0 Å². The van der Waals surface area contributed by atoms with Crippen LogP contribution in [0.25, 0.3) is 16.8 Å². The molecule has 0 saturated carbocycles. The summed E-state index contributed by atoms with van der Waals surface area (Å²) >= 11 is 0. The minimum absolute atomic E-state index is 0.126. The van der Waals surface area contributed by atoms with E-state index in [-0.39, 0.29) is 28.8 Å². The summed E-state index contributed by atoms with van der Waals surface area (Å²) in [6, 6.07) is 16.4. The van der Waals surface area contributed by atoms with E-state index in [2.05, 4.69) is 39.8 Å². The average Bonchev–Trinajstić information content (AvgIpc) is 3.48. The third-order valence-electron chi connectivity index (χ3n) is 9.85. The molecule has 3 aliphatic rings. The number of halogens is 1. The zero-order chi connectivity index (χ0) is 34.1. The fourth-order valence-electron chi connectivity index (χ4n) is 7.03. The molecule has 0 spiro atoms. The number of carbonyl (C=O) groups excluding carboxylic acids is 1. The number of carbonyl (C=O) groups is 1. The third kappa shape index (κ3) is 6.59. The highest BCUT2D eigenvalue weighted by atomic mass is 19.1. The van der Waals surface area contributed by atoms with Gasteiger partial charge in [-0.25, -0.2) is 18.9 Å². The van der Waals surface area contributed by atoms with Crippen LogP contribution in [0.2, 0.25) is 0 Å². The summed E-state index contributed by atoms with van der Waals surface area (Å²) in [4.78, 5) is 29.4. The number of anilines is 1. The molecule has 12 nitrogen and oxygen atoms in total. The van der Waals surface area contributed by atoms with Crippen molar-refractivity contribution in [2.24, 2.45) is 0 Å². The Bertz CT molecular complexity index is 1910. The number of piperidine rings is 1. The number of nitrogen functional groups attached to an aromatic ring is 1. The summed E-state index contributed by atoms with van der Waals surface area (Å²) in [7, 11) is 0. The first kappa shape index (κ1) is 32.6. The molecule has 49 heavy (non-hydrogen) atoms. The van der Waals surface area contributed by atoms with Crippen molar-refractivity contribution in [3.8, 4) is 28.8 Å². The van der Waals surface area contributed by atoms with Gasteiger partial charge in [0.25, 0.3) is 5.91 Å². The SMILES string of the molecule is CC(C)(C=C(C#N)C(=O)N1CCCC(c2nc(-c3ccc(Oc4ccccc4)cc3F)c3c(N)ncnn23)C1)N1CCN(C2COC2)CC1. The van der Waals surface area contributed by atoms with E-state index in [9.17, 15) is 10.1 Å². The molecule has 0 bridgehead atoms. The summed E-state index contributed by atoms with van der Waals surface area (Å²) in [5, 5.41) is 14.6. The van der Waals surface area contributed by atoms with Gasteiger partial charge in [-0.1, -0.05) is 18.2 Å². The Morgan fingerprint density at radius 1 is 1.10 bits per heavy atom. The lowest BCUT2D eigenvalue weighted by Crippen LogP contribution is -2.59. The smallest absolute Gasteiger partial charge is 0.264 e. The number of nitriles is 1. The molecule has 3 saturated heterocycles. The molecule has 0 aliphatic carbocycles. The molecule has 0 radical (unpaired) electrons. The van der Waals surface area contributed by atoms with E-state index in [0.29, 0.717) is 54.1 Å². The van der Waals surface area contributed by atoms with Crippen LogP contribution in [0.1, 0.15) is 38.4 Å². The molecule has 2 N–H and O–H groups in total. The molecule has 3 aliphatic heterocycles. The zero-order valence-electron chi connectivity index (χ0n) is 27.8. The molecule has 13 heteroatoms. The number of aromatic nitrogens is 4. The van der Waals surface area contributed by atoms with E-state index in [4.69, 9.17) is 20.2 Å². The number of amides is 1. The first-order valence-corrected chi connectivity index (χ1v) is 16.7. The maximum atomic E-state index is 15.7. The summed E-state index contributed by atoms with van der Waals surface area (Å²) in [6.45, 7) is 10.1. The van der Waals surface area contributed by atoms with E-state index in [0.717, 1.165) is 45.8 Å². The number of likely N-dealkylation sites (tertiary alicyclic amines) is 1. The number of benzene rings is 2. The van der Waals surface area contributed by atoms with Crippen molar-refractivity contribution in [1.82, 2.24) is 34.3 Å². The predicted molar refractivity (Wildman–Crippen MR) is 181 cm³/mol. The Morgan fingerprint density at radius 2 is 1.88 bits per heavy atom. The molecular weight excluding hydrogens is 625 g/mol. The van der Waals surface area contributed by atoms with Gasteiger partial charge in [-0.15, -0.1) is 0 Å². The van der Waals surface area contributed by atoms with Crippen LogP contribution < -0.4 is 10.5 Å². The first-order chi connectivity index (χ1) is 23.7. The Morgan fingerprint density at radius 3 is 2.57 bits per heavy atom. The van der Waals surface area contributed by atoms with Crippen LogP contribution >= 0.6 is 0 Å². The summed E-state index contributed by atoms with van der Waals surface area (Å²) in [5.41, 5.74) is 6.90. The van der Waals surface area contributed by atoms with E-state index < -0.39 is 11.4 Å². The predicted octanol–water partition coefficient (Wildman–Crippen LogP) is 4.26. The second-order valence-corrected chi connectivity index (χ2v) is 13.4. The molecule has 254 valence electrons. The van der Waals surface area contributed by atoms with Gasteiger partial charge in [-0.3, -0.25) is 14.6 Å². The number of fused-ring (bicyclic) bond motifs is 1. The number of para-hydroxylation sites is 1. The van der Waals surface area contributed by atoms with Crippen LogP contribution in [0, 0.1) is 17.1 Å². The van der Waals surface area contributed by atoms with Crippen LogP contribution in [0.15, 0.2) is 66.5 Å². The molecule has 5 heterocycles. The van der Waals surface area contributed by atoms with E-state index in [1.165, 1.54) is 12.4 Å². The van der Waals surface area contributed by atoms with Gasteiger partial charge in [0.15, 0.2) is 5.82 Å². The van der Waals surface area contributed by atoms with Crippen LogP contribution in [0.4, 0.5) is 10.2 Å². The van der Waals surface area contributed by atoms with E-state index in [1.54, 1.807) is 33.7 Å². The molecule has 2 aromatic carbocycles. The Labute approximate surface area is 284 Å². The van der Waals surface area contributed by atoms with Crippen LogP contribution in [0.5, 0.6) is 11.5 Å². The van der Waals surface area contributed by atoms with Crippen molar-refractivity contribution in [3.05, 3.63) is 78.1 Å². The summed E-state index contributed by atoms with van der Waals surface area (Å²) in [5.74, 6) is 0.586. The standard InChI is InChI=1S/C36H40FN9O3/c1-36(2,45-15-13-43(14-16-45)26-21-48-22-26)18-25(19-38)35(47)44-12-6-7-24(20-44)34-42-31(32-33(39)40-23-41-46(32)34)29-11-10-28(17-30(29)37)49-27-8-4-3-5-9-27/h3-5,8-11,17-18,23-24,26H,6-7,12-16,20-22H2,1-2H3,(H2,39,40,41). The number of hydrogen-bond acceptors (Lipinski definition) is 10. The normalized spacial score (nSPS) is 19.8. The number of nitrogens with two attached hydrogens (primary N) is 1. The molecule has 2 aromatic heterocycles. The molecule has 3 fully saturated rings. The number of piperazine rings is 1. The van der Waals surface area contributed by atoms with Gasteiger partial charge < -0.3 is 20.1 Å². The number of nitrogens with zero attached hydrogens (tertiary/aromatic N) is 8. The lowest BCUT2D eigenvalue weighted by molar-refractivity contribution is -0.128. The molecule has 1 amide bonds. The lowest BCUT2D eigenvalue weighted by atomic mass is 9.94. The second-order valence-electron chi connectivity index (χ2n) is 13.4. The molecule has 4 aromatic rings. The van der Waals surface area contributed by atoms with Gasteiger partial charge in [-0.05, 0) is 57.0 Å². The Kier molecular flexibility index (Phi) is 9.02. The van der Waals surface area contributed by atoms with Gasteiger partial charge in [0.2, 0.25) is 0 Å². The topological polar surface area (TPSA) is 138 Å². The number of rotatable bonds is 8. The Hall–Kier alpha value is -4.90. The minimum Gasteiger partial charge on any atom is -0.457 e. The first-order valence-electron chi connectivity index (χ1n) is 16.7. The summed E-state index contributed by atoms with van der Waals surface area (Å²) < 4.78 is 28.5. The van der Waals surface area contributed by atoms with Gasteiger partial charge in [-0.2, -0.15) is 10.4 Å². The molecular formula is C36H40FN9O3. The van der Waals surface area contributed by atoms with Crippen LogP contribution in [-0.4, -0.2) is 104 Å². The van der Waals surface area contributed by atoms with Crippen molar-refractivity contribution in [2.45, 2.75) is 44.2 Å². The fraction of sp³-hybridized carbons (Fsp3) is 0.417. The van der Waals surface area contributed by atoms with E-state index >= 15 is 4.39 Å². The maximum absolute atomic E-state index is 15.7. The van der Waals surface area contributed by atoms with Gasteiger partial charge in [0.1, 0.15) is 52.3 Å². The van der Waals surface area contributed by atoms with Crippen LogP contribution in [-0.2, 0) is 9.53 Å². The monoisotopic (exact) mass is 665 g/mol. The highest BCUT2D eigenvalue weighted by molar-refractivity contribution is 5.97. The molecule has 1 unspecified atom stereocenters. The third-order valence-corrected chi connectivity index (χ3v) is 9.85. The lowest BCUT2D eigenvalue weighted by Gasteiger charge is -2.46. The van der Waals surface area contributed by atoms with Crippen molar-refractivity contribution in [3.63, 3.8) is 0 Å². The van der Waals surface area contributed by atoms with Crippen molar-refractivity contribution in [2.75, 3.05) is 58.2 Å². The summed E-state index contributed by atoms with van der Waals surface area (Å²) in [6.07, 6.45) is 4.59. The molecule has 1 atom stereocenters. The van der Waals surface area contributed by atoms with Crippen molar-refractivity contribution in [1.29, 1.82) is 5.26 Å². The van der Waals surface area contributed by atoms with Gasteiger partial charge in [0, 0.05) is 62.4 Å². The van der Waals surface area contributed by atoms with Crippen molar-refractivity contribution < 1.29 is 18.7 Å². The second kappa shape index (κ2) is 13.5. The maximum Gasteiger partial charge on any atom is 0.264 e. The quantitative estimate of drug-likeness (QED) is 0.215. The highest BCUT2D eigenvalue weighted by Crippen LogP contribution is 2.36. The largest absolute Gasteiger partial charge is 0.457 e. The molecule has 7 rings (SSSR count). The van der Waals surface area contributed by atoms with Crippen LogP contribution in [0.3, 0.4) is 0 Å². The zero-order valence-corrected chi connectivity index (χ0v) is 27.8. The highest BCUT2D eigenvalue weighted by Gasteiger charge is 2.36. The number of hydrogen-bond donors (Lipinski definition) is 1. The number of ether oxygens (including phenoxy) is 2. The van der Waals surface area contributed by atoms with Crippen molar-refractivity contribution >= 4 is 17.2 Å². The van der Waals surface area contributed by atoms with Gasteiger partial charge in [0.05, 0.1) is 19.3 Å². The van der Waals surface area contributed by atoms with E-state index in [1.807, 2.05) is 24.3 Å². The average molecular weight is 666 g/mol. The minimum atomic E-state index is -0.534. The number of imidazole rings is 1.